The lowest BCUT2D eigenvalue weighted by atomic mass is 9.71. The van der Waals surface area contributed by atoms with Crippen LogP contribution in [0.1, 0.15) is 32.6 Å². The predicted octanol–water partition coefficient (Wildman–Crippen LogP) is 1.79. The number of rotatable bonds is 6. The number of methoxy groups -OCH3 is 2. The number of carbonyl (C=O) groups is 3. The zero-order valence-corrected chi connectivity index (χ0v) is 12.6. The first kappa shape index (κ1) is 17.2. The molecule has 0 aromatic rings. The van der Waals surface area contributed by atoms with Crippen molar-refractivity contribution in [1.82, 2.24) is 0 Å². The lowest BCUT2D eigenvalue weighted by molar-refractivity contribution is -0.156. The number of ether oxygens (including phenoxy) is 2. The van der Waals surface area contributed by atoms with Crippen molar-refractivity contribution in [2.45, 2.75) is 32.6 Å². The highest BCUT2D eigenvalue weighted by molar-refractivity contribution is 6.07. The van der Waals surface area contributed by atoms with Gasteiger partial charge in [0.05, 0.1) is 14.2 Å². The Hall–Kier alpha value is -1.85. The number of unbranched alkanes of at least 4 members (excludes halogenated alkanes) is 2. The minimum atomic E-state index is -1.06. The van der Waals surface area contributed by atoms with Crippen LogP contribution in [0.4, 0.5) is 0 Å². The summed E-state index contributed by atoms with van der Waals surface area (Å²) < 4.78 is 9.36. The van der Waals surface area contributed by atoms with Crippen LogP contribution in [-0.4, -0.2) is 37.0 Å². The van der Waals surface area contributed by atoms with Gasteiger partial charge in [-0.2, -0.15) is 0 Å². The number of ketones is 1. The van der Waals surface area contributed by atoms with Crippen molar-refractivity contribution >= 4 is 17.7 Å². The van der Waals surface area contributed by atoms with E-state index in [1.807, 2.05) is 6.92 Å². The molecule has 1 aliphatic rings. The van der Waals surface area contributed by atoms with Gasteiger partial charge >= 0.3 is 11.9 Å². The number of allylic oxidation sites excluding steroid dienone is 1. The summed E-state index contributed by atoms with van der Waals surface area (Å²) in [5.41, 5.74) is 0. The third-order valence-electron chi connectivity index (χ3n) is 3.82. The SMILES string of the molecule is CCCCCC1C(C(=O)OC)C(=O)C=C(O)C1C(=O)OC. The van der Waals surface area contributed by atoms with Crippen molar-refractivity contribution in [1.29, 1.82) is 0 Å². The third-order valence-corrected chi connectivity index (χ3v) is 3.82. The molecule has 0 aromatic carbocycles. The summed E-state index contributed by atoms with van der Waals surface area (Å²) in [6, 6.07) is 0. The van der Waals surface area contributed by atoms with Gasteiger partial charge in [0.15, 0.2) is 5.78 Å². The molecule has 1 aliphatic carbocycles. The van der Waals surface area contributed by atoms with E-state index >= 15 is 0 Å². The van der Waals surface area contributed by atoms with Crippen molar-refractivity contribution < 1.29 is 29.0 Å². The molecule has 1 N–H and O–H groups in total. The zero-order chi connectivity index (χ0) is 16.0. The molecule has 0 saturated carbocycles. The highest BCUT2D eigenvalue weighted by atomic mass is 16.5. The molecule has 0 aromatic heterocycles. The normalized spacial score (nSPS) is 25.2. The fourth-order valence-electron chi connectivity index (χ4n) is 2.75. The van der Waals surface area contributed by atoms with E-state index in [2.05, 4.69) is 4.74 Å². The van der Waals surface area contributed by atoms with Gasteiger partial charge in [-0.15, -0.1) is 0 Å². The summed E-state index contributed by atoms with van der Waals surface area (Å²) in [5.74, 6) is -4.88. The van der Waals surface area contributed by atoms with Crippen LogP contribution in [0.15, 0.2) is 11.8 Å². The highest BCUT2D eigenvalue weighted by Crippen LogP contribution is 2.37. The molecular formula is C15H22O6. The average Bonchev–Trinajstić information content (AvgIpc) is 2.46. The summed E-state index contributed by atoms with van der Waals surface area (Å²) in [5, 5.41) is 9.93. The van der Waals surface area contributed by atoms with Crippen LogP contribution < -0.4 is 0 Å². The fraction of sp³-hybridized carbons (Fsp3) is 0.667. The van der Waals surface area contributed by atoms with Crippen molar-refractivity contribution in [2.24, 2.45) is 17.8 Å². The minimum absolute atomic E-state index is 0.339. The maximum absolute atomic E-state index is 12.0. The predicted molar refractivity (Wildman–Crippen MR) is 74.4 cm³/mol. The van der Waals surface area contributed by atoms with Crippen molar-refractivity contribution in [2.75, 3.05) is 14.2 Å². The molecule has 0 bridgehead atoms. The molecule has 1 rings (SSSR count). The van der Waals surface area contributed by atoms with Gasteiger partial charge in [0.25, 0.3) is 0 Å². The maximum Gasteiger partial charge on any atom is 0.316 e. The van der Waals surface area contributed by atoms with Crippen LogP contribution in [0.5, 0.6) is 0 Å². The number of esters is 2. The first-order valence-electron chi connectivity index (χ1n) is 7.07. The Morgan fingerprint density at radius 1 is 1.14 bits per heavy atom. The molecule has 0 aliphatic heterocycles. The van der Waals surface area contributed by atoms with E-state index in [1.54, 1.807) is 0 Å². The summed E-state index contributed by atoms with van der Waals surface area (Å²) in [4.78, 5) is 35.8. The lowest BCUT2D eigenvalue weighted by Crippen LogP contribution is -2.43. The highest BCUT2D eigenvalue weighted by Gasteiger charge is 2.47. The molecule has 6 nitrogen and oxygen atoms in total. The summed E-state index contributed by atoms with van der Waals surface area (Å²) in [7, 11) is 2.41. The number of hydrogen-bond donors (Lipinski definition) is 1. The van der Waals surface area contributed by atoms with Crippen LogP contribution in [0.3, 0.4) is 0 Å². The summed E-state index contributed by atoms with van der Waals surface area (Å²) >= 11 is 0. The molecule has 0 spiro atoms. The van der Waals surface area contributed by atoms with Gasteiger partial charge in [-0.25, -0.2) is 0 Å². The second-order valence-electron chi connectivity index (χ2n) is 5.13. The number of aliphatic hydroxyl groups excluding tert-OH is 1. The zero-order valence-electron chi connectivity index (χ0n) is 12.6. The second kappa shape index (κ2) is 7.81. The van der Waals surface area contributed by atoms with E-state index in [0.29, 0.717) is 6.42 Å². The first-order valence-corrected chi connectivity index (χ1v) is 7.07. The van der Waals surface area contributed by atoms with Gasteiger partial charge < -0.3 is 14.6 Å². The van der Waals surface area contributed by atoms with E-state index in [0.717, 1.165) is 25.3 Å². The number of hydrogen-bond acceptors (Lipinski definition) is 6. The van der Waals surface area contributed by atoms with Crippen LogP contribution in [0, 0.1) is 17.8 Å². The van der Waals surface area contributed by atoms with E-state index < -0.39 is 35.5 Å². The van der Waals surface area contributed by atoms with Crippen molar-refractivity contribution in [3.8, 4) is 0 Å². The topological polar surface area (TPSA) is 89.9 Å². The third kappa shape index (κ3) is 3.83. The molecule has 118 valence electrons. The molecule has 0 fully saturated rings. The van der Waals surface area contributed by atoms with Crippen LogP contribution in [-0.2, 0) is 23.9 Å². The van der Waals surface area contributed by atoms with Crippen molar-refractivity contribution in [3.63, 3.8) is 0 Å². The van der Waals surface area contributed by atoms with Crippen LogP contribution in [0.2, 0.25) is 0 Å². The Bertz CT molecular complexity index is 439. The molecule has 3 unspecified atom stereocenters. The largest absolute Gasteiger partial charge is 0.511 e. The molecule has 0 radical (unpaired) electrons. The smallest absolute Gasteiger partial charge is 0.316 e. The number of carbonyl (C=O) groups excluding carboxylic acids is 3. The Labute approximate surface area is 124 Å². The standard InChI is InChI=1S/C15H22O6/c1-4-5-6-7-9-12(14(18)20-2)10(16)8-11(17)13(9)15(19)21-3/h8-9,12-13,16H,4-7H2,1-3H3. The summed E-state index contributed by atoms with van der Waals surface area (Å²) in [6.07, 6.45) is 4.03. The molecule has 0 amide bonds. The van der Waals surface area contributed by atoms with Gasteiger partial charge in [0.2, 0.25) is 0 Å². The van der Waals surface area contributed by atoms with Gasteiger partial charge in [0.1, 0.15) is 17.6 Å². The van der Waals surface area contributed by atoms with Gasteiger partial charge in [0, 0.05) is 6.08 Å². The average molecular weight is 298 g/mol. The first-order chi connectivity index (χ1) is 9.97. The second-order valence-corrected chi connectivity index (χ2v) is 5.13. The van der Waals surface area contributed by atoms with Crippen LogP contribution in [0.25, 0.3) is 0 Å². The molecular weight excluding hydrogens is 276 g/mol. The Morgan fingerprint density at radius 3 is 2.24 bits per heavy atom. The van der Waals surface area contributed by atoms with Gasteiger partial charge in [-0.3, -0.25) is 14.4 Å². The van der Waals surface area contributed by atoms with E-state index in [4.69, 9.17) is 4.74 Å². The number of aliphatic hydroxyl groups is 1. The van der Waals surface area contributed by atoms with Gasteiger partial charge in [-0.1, -0.05) is 26.2 Å². The summed E-state index contributed by atoms with van der Waals surface area (Å²) in [6.45, 7) is 2.03. The van der Waals surface area contributed by atoms with Crippen LogP contribution >= 0.6 is 0 Å². The van der Waals surface area contributed by atoms with E-state index in [-0.39, 0.29) is 5.76 Å². The van der Waals surface area contributed by atoms with E-state index in [9.17, 15) is 19.5 Å². The Kier molecular flexibility index (Phi) is 6.39. The quantitative estimate of drug-likeness (QED) is 0.457. The van der Waals surface area contributed by atoms with E-state index in [1.165, 1.54) is 14.2 Å². The molecule has 6 heteroatoms. The molecule has 0 heterocycles. The molecule has 0 saturated heterocycles. The van der Waals surface area contributed by atoms with Crippen molar-refractivity contribution in [3.05, 3.63) is 11.8 Å². The lowest BCUT2D eigenvalue weighted by Gasteiger charge is -2.32. The molecule has 3 atom stereocenters. The Morgan fingerprint density at radius 2 is 1.71 bits per heavy atom. The Balaban J connectivity index is 3.12. The molecule has 21 heavy (non-hydrogen) atoms. The van der Waals surface area contributed by atoms with Gasteiger partial charge in [-0.05, 0) is 12.3 Å². The maximum atomic E-state index is 12.0. The fourth-order valence-corrected chi connectivity index (χ4v) is 2.75. The monoisotopic (exact) mass is 298 g/mol. The minimum Gasteiger partial charge on any atom is -0.511 e.